The summed E-state index contributed by atoms with van der Waals surface area (Å²) in [5.41, 5.74) is 15.3. The third-order valence-electron chi connectivity index (χ3n) is 11.8. The predicted octanol–water partition coefficient (Wildman–Crippen LogP) is 14.5. The van der Waals surface area contributed by atoms with Crippen LogP contribution in [0.15, 0.2) is 188 Å². The molecule has 0 N–H and O–H groups in total. The minimum absolute atomic E-state index is 0.0755. The monoisotopic (exact) mass is 759 g/mol. The van der Waals surface area contributed by atoms with E-state index < -0.39 is 0 Å². The summed E-state index contributed by atoms with van der Waals surface area (Å²) in [6, 6.07) is 67.3. The first-order chi connectivity index (χ1) is 28.5. The van der Waals surface area contributed by atoms with Gasteiger partial charge in [0.25, 0.3) is 0 Å². The van der Waals surface area contributed by atoms with Crippen molar-refractivity contribution in [1.82, 2.24) is 15.0 Å². The molecule has 8 aromatic carbocycles. The van der Waals surface area contributed by atoms with Crippen LogP contribution in [0.5, 0.6) is 0 Å². The second-order valence-electron chi connectivity index (χ2n) is 15.6. The summed E-state index contributed by atoms with van der Waals surface area (Å²) in [6.07, 6.45) is 0. The number of nitrogens with zero attached hydrogens (tertiary/aromatic N) is 3. The Hall–Kier alpha value is -7.01. The summed E-state index contributed by atoms with van der Waals surface area (Å²) in [7, 11) is 0. The van der Waals surface area contributed by atoms with Gasteiger partial charge in [-0.15, -0.1) is 11.3 Å². The van der Waals surface area contributed by atoms with Crippen molar-refractivity contribution in [3.63, 3.8) is 0 Å². The van der Waals surface area contributed by atoms with Crippen molar-refractivity contribution in [1.29, 1.82) is 0 Å². The van der Waals surface area contributed by atoms with Gasteiger partial charge in [0.2, 0.25) is 0 Å². The average Bonchev–Trinajstić information content (AvgIpc) is 3.78. The molecule has 58 heavy (non-hydrogen) atoms. The highest BCUT2D eigenvalue weighted by atomic mass is 32.1. The Kier molecular flexibility index (Phi) is 8.02. The molecule has 0 radical (unpaired) electrons. The summed E-state index contributed by atoms with van der Waals surface area (Å²) in [4.78, 5) is 15.6. The van der Waals surface area contributed by atoms with Gasteiger partial charge in [0, 0.05) is 42.3 Å². The van der Waals surface area contributed by atoms with Gasteiger partial charge in [-0.3, -0.25) is 0 Å². The van der Waals surface area contributed by atoms with Crippen molar-refractivity contribution in [2.24, 2.45) is 0 Å². The van der Waals surface area contributed by atoms with Gasteiger partial charge in [0.15, 0.2) is 17.5 Å². The Labute approximate surface area is 342 Å². The molecule has 11 rings (SSSR count). The maximum absolute atomic E-state index is 5.28. The van der Waals surface area contributed by atoms with E-state index in [1.165, 1.54) is 64.9 Å². The lowest BCUT2D eigenvalue weighted by molar-refractivity contribution is 0.660. The standard InChI is InChI=1S/C54H37N3S/c1-54(2)46-21-10-9-19-42(46)43-29-27-40(33-47(43)54)38-17-11-18-41(31-38)52-55-51(37-15-7-4-8-16-37)56-53(57-52)44-20-12-22-49-50(44)45-32-39(28-30-48(45)58-49)36-25-23-35(24-26-36)34-13-5-3-6-14-34/h3-33H,1-2H3. The largest absolute Gasteiger partial charge is 0.208 e. The zero-order valence-corrected chi connectivity index (χ0v) is 33.0. The molecule has 0 atom stereocenters. The quantitative estimate of drug-likeness (QED) is 0.169. The first kappa shape index (κ1) is 34.3. The van der Waals surface area contributed by atoms with Crippen LogP contribution in [0.4, 0.5) is 0 Å². The van der Waals surface area contributed by atoms with Gasteiger partial charge in [0.1, 0.15) is 0 Å². The normalized spacial score (nSPS) is 12.8. The highest BCUT2D eigenvalue weighted by molar-refractivity contribution is 7.26. The van der Waals surface area contributed by atoms with Crippen LogP contribution in [-0.2, 0) is 5.41 Å². The molecule has 10 aromatic rings. The summed E-state index contributed by atoms with van der Waals surface area (Å²) in [5.74, 6) is 1.96. The number of hydrogen-bond donors (Lipinski definition) is 0. The molecule has 2 aromatic heterocycles. The molecule has 0 fully saturated rings. The Balaban J connectivity index is 1.03. The maximum Gasteiger partial charge on any atom is 0.164 e. The van der Waals surface area contributed by atoms with E-state index in [1.807, 2.05) is 29.5 Å². The lowest BCUT2D eigenvalue weighted by Gasteiger charge is -2.22. The van der Waals surface area contributed by atoms with E-state index in [9.17, 15) is 0 Å². The lowest BCUT2D eigenvalue weighted by atomic mass is 9.81. The number of rotatable bonds is 6. The fraction of sp³-hybridized carbons (Fsp3) is 0.0556. The van der Waals surface area contributed by atoms with E-state index in [4.69, 9.17) is 15.0 Å². The smallest absolute Gasteiger partial charge is 0.164 e. The fourth-order valence-corrected chi connectivity index (χ4v) is 9.85. The molecule has 2 heterocycles. The van der Waals surface area contributed by atoms with Crippen LogP contribution >= 0.6 is 11.3 Å². The third-order valence-corrected chi connectivity index (χ3v) is 12.9. The van der Waals surface area contributed by atoms with Crippen LogP contribution in [0, 0.1) is 0 Å². The zero-order chi connectivity index (χ0) is 38.8. The Bertz CT molecular complexity index is 3180. The second-order valence-corrected chi connectivity index (χ2v) is 16.7. The van der Waals surface area contributed by atoms with E-state index in [0.29, 0.717) is 17.5 Å². The van der Waals surface area contributed by atoms with Gasteiger partial charge in [-0.25, -0.2) is 15.0 Å². The average molecular weight is 760 g/mol. The zero-order valence-electron chi connectivity index (χ0n) is 32.1. The van der Waals surface area contributed by atoms with Crippen LogP contribution in [0.25, 0.3) is 98.8 Å². The van der Waals surface area contributed by atoms with Crippen LogP contribution < -0.4 is 0 Å². The highest BCUT2D eigenvalue weighted by Crippen LogP contribution is 2.49. The molecule has 0 aliphatic heterocycles. The van der Waals surface area contributed by atoms with E-state index in [2.05, 4.69) is 184 Å². The summed E-state index contributed by atoms with van der Waals surface area (Å²) >= 11 is 1.81. The van der Waals surface area contributed by atoms with Gasteiger partial charge in [-0.1, -0.05) is 172 Å². The molecule has 0 amide bonds. The van der Waals surface area contributed by atoms with Crippen molar-refractivity contribution in [3.05, 3.63) is 199 Å². The second kappa shape index (κ2) is 13.6. The van der Waals surface area contributed by atoms with Crippen LogP contribution in [0.1, 0.15) is 25.0 Å². The van der Waals surface area contributed by atoms with Crippen molar-refractivity contribution in [2.75, 3.05) is 0 Å². The van der Waals surface area contributed by atoms with E-state index >= 15 is 0 Å². The Morgan fingerprint density at radius 2 is 0.862 bits per heavy atom. The van der Waals surface area contributed by atoms with Crippen LogP contribution in [0.3, 0.4) is 0 Å². The number of fused-ring (bicyclic) bond motifs is 6. The first-order valence-corrected chi connectivity index (χ1v) is 20.6. The SMILES string of the molecule is CC1(C)c2ccccc2-c2ccc(-c3cccc(-c4nc(-c5ccccc5)nc(-c5cccc6sc7ccc(-c8ccc(-c9ccccc9)cc8)cc7c56)n4)c3)cc21. The molecule has 0 unspecified atom stereocenters. The van der Waals surface area contributed by atoms with Crippen molar-refractivity contribution in [2.45, 2.75) is 19.3 Å². The fourth-order valence-electron chi connectivity index (χ4n) is 8.74. The molecular weight excluding hydrogens is 723 g/mol. The molecule has 1 aliphatic carbocycles. The van der Waals surface area contributed by atoms with Gasteiger partial charge in [-0.05, 0) is 86.0 Å². The maximum atomic E-state index is 5.28. The summed E-state index contributed by atoms with van der Waals surface area (Å²) < 4.78 is 2.44. The van der Waals surface area contributed by atoms with E-state index in [0.717, 1.165) is 27.6 Å². The minimum Gasteiger partial charge on any atom is -0.208 e. The molecule has 274 valence electrons. The van der Waals surface area contributed by atoms with Crippen LogP contribution in [-0.4, -0.2) is 15.0 Å². The third kappa shape index (κ3) is 5.76. The van der Waals surface area contributed by atoms with Crippen molar-refractivity contribution in [3.8, 4) is 78.7 Å². The highest BCUT2D eigenvalue weighted by Gasteiger charge is 2.35. The minimum atomic E-state index is -0.0755. The topological polar surface area (TPSA) is 38.7 Å². The number of benzene rings is 8. The predicted molar refractivity (Wildman–Crippen MR) is 243 cm³/mol. The van der Waals surface area contributed by atoms with Gasteiger partial charge in [0.05, 0.1) is 0 Å². The number of aromatic nitrogens is 3. The molecule has 0 bridgehead atoms. The molecule has 0 saturated heterocycles. The Morgan fingerprint density at radius 1 is 0.345 bits per heavy atom. The molecule has 4 heteroatoms. The van der Waals surface area contributed by atoms with E-state index in [1.54, 1.807) is 0 Å². The summed E-state index contributed by atoms with van der Waals surface area (Å²) in [6.45, 7) is 4.66. The Morgan fingerprint density at radius 3 is 1.66 bits per heavy atom. The molecule has 0 spiro atoms. The van der Waals surface area contributed by atoms with Crippen LogP contribution in [0.2, 0.25) is 0 Å². The molecular formula is C54H37N3S. The van der Waals surface area contributed by atoms with Gasteiger partial charge >= 0.3 is 0 Å². The first-order valence-electron chi connectivity index (χ1n) is 19.8. The molecule has 0 saturated carbocycles. The number of hydrogen-bond acceptors (Lipinski definition) is 4. The van der Waals surface area contributed by atoms with Crippen molar-refractivity contribution >= 4 is 31.5 Å². The number of thiophene rings is 1. The van der Waals surface area contributed by atoms with E-state index in [-0.39, 0.29) is 5.41 Å². The molecule has 3 nitrogen and oxygen atoms in total. The lowest BCUT2D eigenvalue weighted by Crippen LogP contribution is -2.14. The van der Waals surface area contributed by atoms with Gasteiger partial charge in [-0.2, -0.15) is 0 Å². The molecule has 1 aliphatic rings. The summed E-state index contributed by atoms with van der Waals surface area (Å²) in [5, 5.41) is 2.36. The van der Waals surface area contributed by atoms with Gasteiger partial charge < -0.3 is 0 Å². The van der Waals surface area contributed by atoms with Crippen molar-refractivity contribution < 1.29 is 0 Å².